The van der Waals surface area contributed by atoms with Gasteiger partial charge in [-0.25, -0.2) is 0 Å². The van der Waals surface area contributed by atoms with E-state index in [2.05, 4.69) is 0 Å². The van der Waals surface area contributed by atoms with Crippen molar-refractivity contribution in [2.24, 2.45) is 5.92 Å². The molecule has 0 aromatic heterocycles. The molecule has 0 aliphatic heterocycles. The Morgan fingerprint density at radius 1 is 1.50 bits per heavy atom. The lowest BCUT2D eigenvalue weighted by atomic mass is 10.1. The SMILES string of the molecule is CCC(C)C(=O)O[C@@H]1CCc2cc(OC)ccc21. The number of esters is 1. The van der Waals surface area contributed by atoms with Crippen molar-refractivity contribution < 1.29 is 14.3 Å². The zero-order valence-corrected chi connectivity index (χ0v) is 11.2. The first kappa shape index (κ1) is 12.9. The molecule has 0 radical (unpaired) electrons. The van der Waals surface area contributed by atoms with Crippen LogP contribution in [0.1, 0.15) is 43.9 Å². The van der Waals surface area contributed by atoms with Crippen LogP contribution in [-0.2, 0) is 16.0 Å². The Bertz CT molecular complexity index is 439. The van der Waals surface area contributed by atoms with Gasteiger partial charge in [-0.1, -0.05) is 19.9 Å². The van der Waals surface area contributed by atoms with Gasteiger partial charge in [-0.05, 0) is 42.5 Å². The summed E-state index contributed by atoms with van der Waals surface area (Å²) in [6.45, 7) is 3.91. The van der Waals surface area contributed by atoms with Gasteiger partial charge in [0.2, 0.25) is 0 Å². The summed E-state index contributed by atoms with van der Waals surface area (Å²) in [5, 5.41) is 0. The lowest BCUT2D eigenvalue weighted by Gasteiger charge is -2.16. The summed E-state index contributed by atoms with van der Waals surface area (Å²) < 4.78 is 10.8. The number of carbonyl (C=O) groups excluding carboxylic acids is 1. The molecular formula is C15H20O3. The van der Waals surface area contributed by atoms with Crippen molar-refractivity contribution in [1.29, 1.82) is 0 Å². The van der Waals surface area contributed by atoms with E-state index in [9.17, 15) is 4.79 Å². The molecular weight excluding hydrogens is 228 g/mol. The maximum atomic E-state index is 11.8. The van der Waals surface area contributed by atoms with Crippen molar-refractivity contribution in [3.63, 3.8) is 0 Å². The lowest BCUT2D eigenvalue weighted by molar-refractivity contribution is -0.153. The Balaban J connectivity index is 2.10. The molecule has 1 aliphatic rings. The van der Waals surface area contributed by atoms with E-state index in [1.807, 2.05) is 32.0 Å². The summed E-state index contributed by atoms with van der Waals surface area (Å²) in [4.78, 5) is 11.8. The van der Waals surface area contributed by atoms with Crippen molar-refractivity contribution in [3.05, 3.63) is 29.3 Å². The minimum atomic E-state index is -0.0915. The summed E-state index contributed by atoms with van der Waals surface area (Å²) in [7, 11) is 1.66. The number of aryl methyl sites for hydroxylation is 1. The van der Waals surface area contributed by atoms with Crippen molar-refractivity contribution in [2.45, 2.75) is 39.2 Å². The first-order chi connectivity index (χ1) is 8.65. The first-order valence-corrected chi connectivity index (χ1v) is 6.53. The Kier molecular flexibility index (Phi) is 3.90. The molecule has 2 atom stereocenters. The average molecular weight is 248 g/mol. The van der Waals surface area contributed by atoms with E-state index in [1.54, 1.807) is 7.11 Å². The standard InChI is InChI=1S/C15H20O3/c1-4-10(2)15(16)18-14-8-5-11-9-12(17-3)6-7-13(11)14/h6-7,9-10,14H,4-5,8H2,1-3H3/t10?,14-/m1/s1. The highest BCUT2D eigenvalue weighted by molar-refractivity contribution is 5.72. The third-order valence-electron chi connectivity index (χ3n) is 3.65. The predicted molar refractivity (Wildman–Crippen MR) is 69.6 cm³/mol. The highest BCUT2D eigenvalue weighted by atomic mass is 16.5. The van der Waals surface area contributed by atoms with Gasteiger partial charge in [-0.15, -0.1) is 0 Å². The second-order valence-electron chi connectivity index (χ2n) is 4.84. The molecule has 3 heteroatoms. The van der Waals surface area contributed by atoms with Crippen LogP contribution in [0.5, 0.6) is 5.75 Å². The molecule has 98 valence electrons. The van der Waals surface area contributed by atoms with Gasteiger partial charge in [0.25, 0.3) is 0 Å². The second-order valence-corrected chi connectivity index (χ2v) is 4.84. The minimum Gasteiger partial charge on any atom is -0.497 e. The third-order valence-corrected chi connectivity index (χ3v) is 3.65. The fourth-order valence-electron chi connectivity index (χ4n) is 2.23. The molecule has 1 aromatic rings. The largest absolute Gasteiger partial charge is 0.497 e. The number of carbonyl (C=O) groups is 1. The number of rotatable bonds is 4. The summed E-state index contributed by atoms with van der Waals surface area (Å²) in [6, 6.07) is 5.97. The fourth-order valence-corrected chi connectivity index (χ4v) is 2.23. The van der Waals surface area contributed by atoms with Crippen LogP contribution < -0.4 is 4.74 Å². The second kappa shape index (κ2) is 5.42. The number of fused-ring (bicyclic) bond motifs is 1. The average Bonchev–Trinajstić information content (AvgIpc) is 2.80. The van der Waals surface area contributed by atoms with Crippen molar-refractivity contribution in [2.75, 3.05) is 7.11 Å². The number of hydrogen-bond acceptors (Lipinski definition) is 3. The predicted octanol–water partition coefficient (Wildman–Crippen LogP) is 3.27. The summed E-state index contributed by atoms with van der Waals surface area (Å²) in [5.41, 5.74) is 2.36. The molecule has 0 saturated carbocycles. The van der Waals surface area contributed by atoms with Crippen molar-refractivity contribution in [3.8, 4) is 5.75 Å². The van der Waals surface area contributed by atoms with Gasteiger partial charge >= 0.3 is 5.97 Å². The van der Waals surface area contributed by atoms with Crippen molar-refractivity contribution >= 4 is 5.97 Å². The Labute approximate surface area is 108 Å². The normalized spacial score (nSPS) is 19.2. The van der Waals surface area contributed by atoms with Crippen LogP contribution in [0.4, 0.5) is 0 Å². The quantitative estimate of drug-likeness (QED) is 0.767. The number of hydrogen-bond donors (Lipinski definition) is 0. The van der Waals surface area contributed by atoms with Crippen LogP contribution in [0.2, 0.25) is 0 Å². The van der Waals surface area contributed by atoms with Gasteiger partial charge in [-0.2, -0.15) is 0 Å². The Hall–Kier alpha value is -1.51. The molecule has 0 saturated heterocycles. The monoisotopic (exact) mass is 248 g/mol. The molecule has 1 aliphatic carbocycles. The fraction of sp³-hybridized carbons (Fsp3) is 0.533. The summed E-state index contributed by atoms with van der Waals surface area (Å²) in [6.07, 6.45) is 2.57. The maximum absolute atomic E-state index is 11.8. The highest BCUT2D eigenvalue weighted by Gasteiger charge is 2.27. The van der Waals surface area contributed by atoms with Gasteiger partial charge in [0, 0.05) is 0 Å². The minimum absolute atomic E-state index is 0.0210. The molecule has 1 unspecified atom stereocenters. The summed E-state index contributed by atoms with van der Waals surface area (Å²) >= 11 is 0. The van der Waals surface area contributed by atoms with Crippen molar-refractivity contribution in [1.82, 2.24) is 0 Å². The van der Waals surface area contributed by atoms with E-state index in [0.29, 0.717) is 0 Å². The topological polar surface area (TPSA) is 35.5 Å². The molecule has 0 amide bonds. The van der Waals surface area contributed by atoms with E-state index in [0.717, 1.165) is 30.6 Å². The molecule has 1 aromatic carbocycles. The molecule has 3 nitrogen and oxygen atoms in total. The van der Waals surface area contributed by atoms with E-state index in [1.165, 1.54) is 5.56 Å². The molecule has 0 heterocycles. The zero-order chi connectivity index (χ0) is 13.1. The summed E-state index contributed by atoms with van der Waals surface area (Å²) in [5.74, 6) is 0.751. The highest BCUT2D eigenvalue weighted by Crippen LogP contribution is 2.36. The molecule has 0 spiro atoms. The van der Waals surface area contributed by atoms with E-state index in [4.69, 9.17) is 9.47 Å². The van der Waals surface area contributed by atoms with Gasteiger partial charge in [-0.3, -0.25) is 4.79 Å². The van der Waals surface area contributed by atoms with Gasteiger partial charge in [0.05, 0.1) is 13.0 Å². The lowest BCUT2D eigenvalue weighted by Crippen LogP contribution is -2.16. The van der Waals surface area contributed by atoms with Gasteiger partial charge in [0.15, 0.2) is 0 Å². The molecule has 0 fully saturated rings. The number of methoxy groups -OCH3 is 1. The molecule has 18 heavy (non-hydrogen) atoms. The van der Waals surface area contributed by atoms with E-state index < -0.39 is 0 Å². The third kappa shape index (κ3) is 2.50. The van der Waals surface area contributed by atoms with Crippen LogP contribution in [0.25, 0.3) is 0 Å². The van der Waals surface area contributed by atoms with E-state index in [-0.39, 0.29) is 18.0 Å². The smallest absolute Gasteiger partial charge is 0.309 e. The molecule has 0 N–H and O–H groups in total. The Morgan fingerprint density at radius 3 is 2.94 bits per heavy atom. The van der Waals surface area contributed by atoms with Crippen LogP contribution >= 0.6 is 0 Å². The van der Waals surface area contributed by atoms with Gasteiger partial charge in [0.1, 0.15) is 11.9 Å². The Morgan fingerprint density at radius 2 is 2.28 bits per heavy atom. The molecule has 0 bridgehead atoms. The first-order valence-electron chi connectivity index (χ1n) is 6.53. The number of ether oxygens (including phenoxy) is 2. The van der Waals surface area contributed by atoms with Crippen LogP contribution in [0.15, 0.2) is 18.2 Å². The van der Waals surface area contributed by atoms with Crippen LogP contribution in [0.3, 0.4) is 0 Å². The number of benzene rings is 1. The molecule has 2 rings (SSSR count). The zero-order valence-electron chi connectivity index (χ0n) is 11.2. The van der Waals surface area contributed by atoms with E-state index >= 15 is 0 Å². The maximum Gasteiger partial charge on any atom is 0.309 e. The van der Waals surface area contributed by atoms with Crippen LogP contribution in [0, 0.1) is 5.92 Å². The van der Waals surface area contributed by atoms with Crippen LogP contribution in [-0.4, -0.2) is 13.1 Å². The van der Waals surface area contributed by atoms with Gasteiger partial charge < -0.3 is 9.47 Å².